The van der Waals surface area contributed by atoms with Crippen LogP contribution in [0.5, 0.6) is 0 Å². The number of nitrogens with one attached hydrogen (secondary N) is 1. The highest BCUT2D eigenvalue weighted by Crippen LogP contribution is 2.41. The number of esters is 1. The van der Waals surface area contributed by atoms with Gasteiger partial charge in [0.2, 0.25) is 0 Å². The van der Waals surface area contributed by atoms with Crippen LogP contribution in [0.15, 0.2) is 18.2 Å². The molecule has 1 spiro atoms. The molecule has 3 nitrogen and oxygen atoms in total. The van der Waals surface area contributed by atoms with Crippen molar-refractivity contribution < 1.29 is 9.53 Å². The van der Waals surface area contributed by atoms with Gasteiger partial charge in [0.05, 0.1) is 5.56 Å². The fourth-order valence-electron chi connectivity index (χ4n) is 2.36. The molecule has 78 valence electrons. The number of ether oxygens (including phenoxy) is 1. The van der Waals surface area contributed by atoms with E-state index in [-0.39, 0.29) is 5.97 Å². The van der Waals surface area contributed by atoms with Gasteiger partial charge in [0.1, 0.15) is 0 Å². The summed E-state index contributed by atoms with van der Waals surface area (Å²) in [7, 11) is 0. The molecule has 0 saturated carbocycles. The van der Waals surface area contributed by atoms with Gasteiger partial charge in [-0.05, 0) is 18.7 Å². The predicted octanol–water partition coefficient (Wildman–Crippen LogP) is 1.70. The van der Waals surface area contributed by atoms with Gasteiger partial charge in [-0.15, -0.1) is 0 Å². The van der Waals surface area contributed by atoms with E-state index in [1.807, 2.05) is 12.1 Å². The lowest BCUT2D eigenvalue weighted by Gasteiger charge is -2.21. The summed E-state index contributed by atoms with van der Waals surface area (Å²) in [6.07, 6.45) is 0.841. The van der Waals surface area contributed by atoms with Crippen molar-refractivity contribution in [1.29, 1.82) is 0 Å². The molecule has 2 aliphatic rings. The number of halogens is 1. The Labute approximate surface area is 92.4 Å². The molecule has 1 saturated heterocycles. The Morgan fingerprint density at radius 2 is 2.33 bits per heavy atom. The van der Waals surface area contributed by atoms with Crippen LogP contribution in [0.1, 0.15) is 22.3 Å². The SMILES string of the molecule is O=C1OC2(CCNC2)c2ccc(Cl)cc21. The summed E-state index contributed by atoms with van der Waals surface area (Å²) in [6, 6.07) is 5.39. The number of hydrogen-bond acceptors (Lipinski definition) is 3. The predicted molar refractivity (Wildman–Crippen MR) is 56.0 cm³/mol. The molecule has 15 heavy (non-hydrogen) atoms. The molecule has 0 bridgehead atoms. The summed E-state index contributed by atoms with van der Waals surface area (Å²) in [4.78, 5) is 11.7. The lowest BCUT2D eigenvalue weighted by molar-refractivity contribution is 0.00164. The van der Waals surface area contributed by atoms with E-state index in [1.165, 1.54) is 0 Å². The van der Waals surface area contributed by atoms with E-state index in [0.717, 1.165) is 18.5 Å². The topological polar surface area (TPSA) is 38.3 Å². The van der Waals surface area contributed by atoms with Crippen molar-refractivity contribution in [3.63, 3.8) is 0 Å². The normalized spacial score (nSPS) is 28.2. The molecule has 1 N–H and O–H groups in total. The van der Waals surface area contributed by atoms with Crippen LogP contribution in [-0.2, 0) is 10.3 Å². The van der Waals surface area contributed by atoms with Crippen molar-refractivity contribution >= 4 is 17.6 Å². The maximum atomic E-state index is 11.7. The van der Waals surface area contributed by atoms with Crippen molar-refractivity contribution in [1.82, 2.24) is 5.32 Å². The highest BCUT2D eigenvalue weighted by molar-refractivity contribution is 6.31. The van der Waals surface area contributed by atoms with E-state index >= 15 is 0 Å². The molecule has 0 aliphatic carbocycles. The van der Waals surface area contributed by atoms with Crippen molar-refractivity contribution in [3.05, 3.63) is 34.3 Å². The number of benzene rings is 1. The fraction of sp³-hybridized carbons (Fsp3) is 0.364. The molecule has 1 unspecified atom stereocenters. The molecule has 1 atom stereocenters. The standard InChI is InChI=1S/C11H10ClNO2/c12-7-1-2-9-8(5-7)10(14)15-11(9)3-4-13-6-11/h1-2,5,13H,3-4,6H2. The zero-order chi connectivity index (χ0) is 10.5. The summed E-state index contributed by atoms with van der Waals surface area (Å²) < 4.78 is 5.48. The summed E-state index contributed by atoms with van der Waals surface area (Å²) in [5, 5.41) is 3.80. The lowest BCUT2D eigenvalue weighted by Crippen LogP contribution is -2.28. The van der Waals surface area contributed by atoms with Gasteiger partial charge in [0.15, 0.2) is 5.60 Å². The maximum Gasteiger partial charge on any atom is 0.339 e. The average molecular weight is 224 g/mol. The Morgan fingerprint density at radius 3 is 3.07 bits per heavy atom. The molecule has 0 amide bonds. The second kappa shape index (κ2) is 2.97. The smallest absolute Gasteiger partial charge is 0.339 e. The van der Waals surface area contributed by atoms with Gasteiger partial charge >= 0.3 is 5.97 Å². The van der Waals surface area contributed by atoms with Gasteiger partial charge in [-0.2, -0.15) is 0 Å². The summed E-state index contributed by atoms with van der Waals surface area (Å²) in [6.45, 7) is 1.59. The highest BCUT2D eigenvalue weighted by Gasteiger charge is 2.47. The van der Waals surface area contributed by atoms with Crippen LogP contribution in [0.2, 0.25) is 5.02 Å². The molecule has 0 aromatic heterocycles. The molecule has 1 aromatic rings. The molecule has 0 radical (unpaired) electrons. The van der Waals surface area contributed by atoms with Gasteiger partial charge in [-0.1, -0.05) is 17.7 Å². The quantitative estimate of drug-likeness (QED) is 0.681. The Kier molecular flexibility index (Phi) is 1.82. The Hall–Kier alpha value is -1.06. The van der Waals surface area contributed by atoms with E-state index in [0.29, 0.717) is 17.1 Å². The minimum atomic E-state index is -0.434. The molecule has 2 heterocycles. The van der Waals surface area contributed by atoms with Crippen LogP contribution < -0.4 is 5.32 Å². The summed E-state index contributed by atoms with van der Waals surface area (Å²) >= 11 is 5.86. The van der Waals surface area contributed by atoms with Crippen LogP contribution in [0.25, 0.3) is 0 Å². The van der Waals surface area contributed by atoms with Crippen molar-refractivity contribution in [2.45, 2.75) is 12.0 Å². The number of carbonyl (C=O) groups excluding carboxylic acids is 1. The maximum absolute atomic E-state index is 11.7. The number of rotatable bonds is 0. The van der Waals surface area contributed by atoms with Crippen LogP contribution in [-0.4, -0.2) is 19.1 Å². The average Bonchev–Trinajstić information content (AvgIpc) is 2.76. The first-order chi connectivity index (χ1) is 7.21. The van der Waals surface area contributed by atoms with Crippen molar-refractivity contribution in [3.8, 4) is 0 Å². The zero-order valence-electron chi connectivity index (χ0n) is 8.05. The van der Waals surface area contributed by atoms with Gasteiger partial charge in [0, 0.05) is 23.6 Å². The second-order valence-electron chi connectivity index (χ2n) is 4.00. The molecule has 4 heteroatoms. The van der Waals surface area contributed by atoms with Crippen LogP contribution in [0.3, 0.4) is 0 Å². The van der Waals surface area contributed by atoms with E-state index in [2.05, 4.69) is 5.32 Å². The number of hydrogen-bond donors (Lipinski definition) is 1. The first-order valence-corrected chi connectivity index (χ1v) is 5.33. The third-order valence-electron chi connectivity index (χ3n) is 3.10. The molecule has 1 fully saturated rings. The van der Waals surface area contributed by atoms with E-state index in [4.69, 9.17) is 16.3 Å². The lowest BCUT2D eigenvalue weighted by atomic mass is 9.92. The molecule has 3 rings (SSSR count). The van der Waals surface area contributed by atoms with Crippen LogP contribution >= 0.6 is 11.6 Å². The number of fused-ring (bicyclic) bond motifs is 2. The van der Waals surface area contributed by atoms with Crippen molar-refractivity contribution in [2.24, 2.45) is 0 Å². The Balaban J connectivity index is 2.17. The summed E-state index contributed by atoms with van der Waals surface area (Å²) in [5.41, 5.74) is 1.16. The molecular formula is C11H10ClNO2. The van der Waals surface area contributed by atoms with Gasteiger partial charge in [-0.25, -0.2) is 4.79 Å². The van der Waals surface area contributed by atoms with E-state index in [9.17, 15) is 4.79 Å². The second-order valence-corrected chi connectivity index (χ2v) is 4.44. The van der Waals surface area contributed by atoms with Gasteiger partial charge in [-0.3, -0.25) is 0 Å². The van der Waals surface area contributed by atoms with Crippen LogP contribution in [0, 0.1) is 0 Å². The molecular weight excluding hydrogens is 214 g/mol. The van der Waals surface area contributed by atoms with Crippen molar-refractivity contribution in [2.75, 3.05) is 13.1 Å². The minimum Gasteiger partial charge on any atom is -0.449 e. The Bertz CT molecular complexity index is 438. The largest absolute Gasteiger partial charge is 0.449 e. The third kappa shape index (κ3) is 1.20. The first kappa shape index (κ1) is 9.19. The van der Waals surface area contributed by atoms with Gasteiger partial charge < -0.3 is 10.1 Å². The molecule has 1 aromatic carbocycles. The first-order valence-electron chi connectivity index (χ1n) is 4.95. The monoisotopic (exact) mass is 223 g/mol. The zero-order valence-corrected chi connectivity index (χ0v) is 8.80. The minimum absolute atomic E-state index is 0.254. The van der Waals surface area contributed by atoms with E-state index < -0.39 is 5.60 Å². The molecule has 2 aliphatic heterocycles. The highest BCUT2D eigenvalue weighted by atomic mass is 35.5. The Morgan fingerprint density at radius 1 is 1.47 bits per heavy atom. The number of carbonyl (C=O) groups is 1. The van der Waals surface area contributed by atoms with Gasteiger partial charge in [0.25, 0.3) is 0 Å². The van der Waals surface area contributed by atoms with Crippen LogP contribution in [0.4, 0.5) is 0 Å². The summed E-state index contributed by atoms with van der Waals surface area (Å²) in [5.74, 6) is -0.254. The van der Waals surface area contributed by atoms with E-state index in [1.54, 1.807) is 6.07 Å². The third-order valence-corrected chi connectivity index (χ3v) is 3.33. The fourth-order valence-corrected chi connectivity index (χ4v) is 2.53.